The van der Waals surface area contributed by atoms with E-state index in [1.54, 1.807) is 13.2 Å². The highest BCUT2D eigenvalue weighted by Gasteiger charge is 2.26. The smallest absolute Gasteiger partial charge is 0.317 e. The number of aliphatic imine (C=N–C) groups is 1. The summed E-state index contributed by atoms with van der Waals surface area (Å²) in [5.41, 5.74) is 2.37. The first kappa shape index (κ1) is 23.1. The fourth-order valence-electron chi connectivity index (χ4n) is 4.02. The lowest BCUT2D eigenvalue weighted by Gasteiger charge is -2.32. The molecule has 0 radical (unpaired) electrons. The quantitative estimate of drug-likeness (QED) is 0.657. The normalized spacial score (nSPS) is 16.7. The van der Waals surface area contributed by atoms with Crippen LogP contribution in [0.4, 0.5) is 15.8 Å². The van der Waals surface area contributed by atoms with Gasteiger partial charge in [-0.25, -0.2) is 9.38 Å². The molecule has 0 bridgehead atoms. The second kappa shape index (κ2) is 9.84. The van der Waals surface area contributed by atoms with Gasteiger partial charge >= 0.3 is 5.97 Å². The van der Waals surface area contributed by atoms with E-state index in [0.717, 1.165) is 24.1 Å². The van der Waals surface area contributed by atoms with Crippen LogP contribution < -0.4 is 19.7 Å². The van der Waals surface area contributed by atoms with Crippen molar-refractivity contribution in [1.29, 1.82) is 0 Å². The fraction of sp³-hybridized carbons (Fsp3) is 0.391. The summed E-state index contributed by atoms with van der Waals surface area (Å²) in [5, 5.41) is 12.3. The minimum Gasteiger partial charge on any atom is -0.493 e. The zero-order valence-electron chi connectivity index (χ0n) is 18.5. The molecule has 176 valence electrons. The lowest BCUT2D eigenvalue weighted by molar-refractivity contribution is -0.138. The van der Waals surface area contributed by atoms with E-state index in [-0.39, 0.29) is 17.7 Å². The summed E-state index contributed by atoms with van der Waals surface area (Å²) in [6.45, 7) is 1.80. The molecule has 2 N–H and O–H groups in total. The Balaban J connectivity index is 1.56. The molecule has 4 rings (SSSR count). The Morgan fingerprint density at radius 1 is 1.27 bits per heavy atom. The number of carboxylic acid groups (broad SMARTS) is 1. The largest absolute Gasteiger partial charge is 0.493 e. The van der Waals surface area contributed by atoms with E-state index in [9.17, 15) is 9.18 Å². The first-order valence-electron chi connectivity index (χ1n) is 10.6. The van der Waals surface area contributed by atoms with Crippen LogP contribution in [-0.2, 0) is 4.79 Å². The molecule has 10 heteroatoms. The third kappa shape index (κ3) is 5.31. The number of anilines is 2. The minimum atomic E-state index is -0.823. The molecule has 0 aliphatic carbocycles. The van der Waals surface area contributed by atoms with Crippen LogP contribution in [0.15, 0.2) is 35.3 Å². The van der Waals surface area contributed by atoms with E-state index >= 15 is 0 Å². The number of carbonyl (C=O) groups is 1. The number of aliphatic carboxylic acids is 1. The van der Waals surface area contributed by atoms with Crippen LogP contribution in [0.5, 0.6) is 11.5 Å². The highest BCUT2D eigenvalue weighted by Crippen LogP contribution is 2.38. The third-order valence-corrected chi connectivity index (χ3v) is 6.05. The summed E-state index contributed by atoms with van der Waals surface area (Å²) in [4.78, 5) is 19.5. The lowest BCUT2D eigenvalue weighted by atomic mass is 10.1. The zero-order valence-corrected chi connectivity index (χ0v) is 19.2. The third-order valence-electron chi connectivity index (χ3n) is 5.76. The second-order valence-corrected chi connectivity index (χ2v) is 8.51. The van der Waals surface area contributed by atoms with Gasteiger partial charge in [-0.2, -0.15) is 0 Å². The van der Waals surface area contributed by atoms with Crippen molar-refractivity contribution in [2.45, 2.75) is 18.9 Å². The number of fused-ring (bicyclic) bond motifs is 1. The highest BCUT2D eigenvalue weighted by atomic mass is 35.5. The first-order valence-corrected chi connectivity index (χ1v) is 11.0. The Kier molecular flexibility index (Phi) is 6.90. The number of hydrogen-bond donors (Lipinski definition) is 2. The van der Waals surface area contributed by atoms with E-state index < -0.39 is 11.8 Å². The van der Waals surface area contributed by atoms with E-state index in [2.05, 4.69) is 10.3 Å². The molecule has 0 saturated carbocycles. The van der Waals surface area contributed by atoms with Gasteiger partial charge in [0.2, 0.25) is 0 Å². The summed E-state index contributed by atoms with van der Waals surface area (Å²) in [6.07, 6.45) is 1.40. The summed E-state index contributed by atoms with van der Waals surface area (Å²) in [5.74, 6) is 0.517. The van der Waals surface area contributed by atoms with Crippen molar-refractivity contribution in [3.63, 3.8) is 0 Å². The molecule has 8 nitrogen and oxygen atoms in total. The Hall–Kier alpha value is -3.04. The van der Waals surface area contributed by atoms with Gasteiger partial charge in [-0.05, 0) is 37.1 Å². The predicted octanol–water partition coefficient (Wildman–Crippen LogP) is 3.68. The van der Waals surface area contributed by atoms with Crippen LogP contribution >= 0.6 is 11.6 Å². The summed E-state index contributed by atoms with van der Waals surface area (Å²) >= 11 is 5.93. The first-order chi connectivity index (χ1) is 15.8. The van der Waals surface area contributed by atoms with Crippen molar-refractivity contribution in [3.05, 3.63) is 46.7 Å². The molecule has 33 heavy (non-hydrogen) atoms. The minimum absolute atomic E-state index is 0.0294. The average Bonchev–Trinajstić information content (AvgIpc) is 2.79. The van der Waals surface area contributed by atoms with Crippen LogP contribution in [-0.4, -0.2) is 68.4 Å². The molecule has 0 amide bonds. The maximum absolute atomic E-state index is 13.6. The Bertz CT molecular complexity index is 1070. The predicted molar refractivity (Wildman–Crippen MR) is 126 cm³/mol. The number of benzene rings is 2. The number of rotatable bonds is 6. The molecule has 2 aromatic rings. The Morgan fingerprint density at radius 3 is 2.70 bits per heavy atom. The molecule has 2 aromatic carbocycles. The van der Waals surface area contributed by atoms with Gasteiger partial charge in [0.25, 0.3) is 0 Å². The summed E-state index contributed by atoms with van der Waals surface area (Å²) in [7, 11) is 3.53. The molecule has 0 spiro atoms. The van der Waals surface area contributed by atoms with Crippen LogP contribution in [0.2, 0.25) is 5.02 Å². The SMILES string of the molecule is COc1cc2c(cc1OC1CCN(CC(=O)O)CC1)C(Nc1ccc(F)c(Cl)c1)=NCN2C. The molecule has 0 unspecified atom stereocenters. The summed E-state index contributed by atoms with van der Waals surface area (Å²) in [6, 6.07) is 8.24. The summed E-state index contributed by atoms with van der Waals surface area (Å²) < 4.78 is 25.4. The maximum atomic E-state index is 13.6. The van der Waals surface area contributed by atoms with Crippen LogP contribution in [0.3, 0.4) is 0 Å². The topological polar surface area (TPSA) is 86.6 Å². The number of piperidine rings is 1. The van der Waals surface area contributed by atoms with Crippen LogP contribution in [0, 0.1) is 5.82 Å². The average molecular weight is 477 g/mol. The highest BCUT2D eigenvalue weighted by molar-refractivity contribution is 6.31. The number of amidine groups is 1. The maximum Gasteiger partial charge on any atom is 0.317 e. The molecule has 1 fully saturated rings. The van der Waals surface area contributed by atoms with Gasteiger partial charge < -0.3 is 24.8 Å². The standard InChI is InChI=1S/C23H26ClFN4O4/c1-28-13-26-23(27-14-3-4-18(25)17(24)9-14)16-10-21(20(32-2)11-19(16)28)33-15-5-7-29(8-6-15)12-22(30)31/h3-4,9-11,15H,5-8,12-13H2,1-2H3,(H,26,27)(H,30,31). The van der Waals surface area contributed by atoms with Gasteiger partial charge in [-0.3, -0.25) is 9.69 Å². The van der Waals surface area contributed by atoms with Crippen LogP contribution in [0.25, 0.3) is 0 Å². The van der Waals surface area contributed by atoms with Crippen molar-refractivity contribution >= 4 is 34.8 Å². The van der Waals surface area contributed by atoms with E-state index in [1.165, 1.54) is 12.1 Å². The number of likely N-dealkylation sites (tertiary alicyclic amines) is 1. The van der Waals surface area contributed by atoms with Gasteiger partial charge in [0, 0.05) is 37.5 Å². The molecule has 0 aromatic heterocycles. The molecule has 2 heterocycles. The fourth-order valence-corrected chi connectivity index (χ4v) is 4.20. The molecule has 2 aliphatic heterocycles. The van der Waals surface area contributed by atoms with Gasteiger partial charge in [-0.15, -0.1) is 0 Å². The number of nitrogens with zero attached hydrogens (tertiary/aromatic N) is 3. The van der Waals surface area contributed by atoms with Gasteiger partial charge in [0.15, 0.2) is 11.5 Å². The van der Waals surface area contributed by atoms with Crippen molar-refractivity contribution in [2.24, 2.45) is 4.99 Å². The van der Waals surface area contributed by atoms with Gasteiger partial charge in [0.1, 0.15) is 24.4 Å². The van der Waals surface area contributed by atoms with Crippen molar-refractivity contribution in [1.82, 2.24) is 4.90 Å². The molecule has 1 saturated heterocycles. The Labute approximate surface area is 196 Å². The molecular formula is C23H26ClFN4O4. The monoisotopic (exact) mass is 476 g/mol. The van der Waals surface area contributed by atoms with Gasteiger partial charge in [0.05, 0.1) is 24.4 Å². The molecule has 0 atom stereocenters. The number of ether oxygens (including phenoxy) is 2. The lowest BCUT2D eigenvalue weighted by Crippen LogP contribution is -2.40. The van der Waals surface area contributed by atoms with E-state index in [1.807, 2.05) is 29.0 Å². The number of carboxylic acids is 1. The van der Waals surface area contributed by atoms with Crippen LogP contribution in [0.1, 0.15) is 18.4 Å². The number of nitrogens with one attached hydrogen (secondary N) is 1. The van der Waals surface area contributed by atoms with Crippen molar-refractivity contribution < 1.29 is 23.8 Å². The number of halogens is 2. The van der Waals surface area contributed by atoms with E-state index in [4.69, 9.17) is 26.2 Å². The van der Waals surface area contributed by atoms with Crippen molar-refractivity contribution in [2.75, 3.05) is 50.7 Å². The second-order valence-electron chi connectivity index (χ2n) is 8.11. The number of methoxy groups -OCH3 is 1. The van der Waals surface area contributed by atoms with Crippen molar-refractivity contribution in [3.8, 4) is 11.5 Å². The van der Waals surface area contributed by atoms with E-state index in [0.29, 0.717) is 42.8 Å². The molecular weight excluding hydrogens is 451 g/mol. The zero-order chi connectivity index (χ0) is 23.5. The molecule has 2 aliphatic rings. The Morgan fingerprint density at radius 2 is 2.03 bits per heavy atom. The van der Waals surface area contributed by atoms with Gasteiger partial charge in [-0.1, -0.05) is 11.6 Å². The number of hydrogen-bond acceptors (Lipinski definition) is 7.